The molecule has 3 aromatic rings. The molecule has 0 aromatic heterocycles. The van der Waals surface area contributed by atoms with Gasteiger partial charge in [-0.2, -0.15) is 4.31 Å². The van der Waals surface area contributed by atoms with Crippen molar-refractivity contribution in [2.24, 2.45) is 0 Å². The highest BCUT2D eigenvalue weighted by Gasteiger charge is 2.32. The Morgan fingerprint density at radius 3 is 2.28 bits per heavy atom. The minimum Gasteiger partial charge on any atom is -0.373 e. The second kappa shape index (κ2) is 9.24. The molecule has 1 saturated heterocycles. The molecule has 0 saturated carbocycles. The lowest BCUT2D eigenvalue weighted by atomic mass is 10.0. The maximum atomic E-state index is 13.2. The second-order valence-corrected chi connectivity index (χ2v) is 9.91. The van der Waals surface area contributed by atoms with E-state index in [0.717, 1.165) is 11.1 Å². The van der Waals surface area contributed by atoms with Crippen LogP contribution in [0.2, 0.25) is 0 Å². The molecule has 1 amide bonds. The number of nitrogens with zero attached hydrogens (tertiary/aromatic N) is 1. The number of ether oxygens (including phenoxy) is 1. The van der Waals surface area contributed by atoms with Gasteiger partial charge in [0.25, 0.3) is 5.91 Å². The minimum atomic E-state index is -3.73. The average molecular weight is 451 g/mol. The summed E-state index contributed by atoms with van der Waals surface area (Å²) in [5.41, 5.74) is 2.81. The van der Waals surface area contributed by atoms with E-state index < -0.39 is 10.0 Å². The van der Waals surface area contributed by atoms with Crippen LogP contribution in [0.4, 0.5) is 5.69 Å². The van der Waals surface area contributed by atoms with Crippen molar-refractivity contribution >= 4 is 21.6 Å². The lowest BCUT2D eigenvalue weighted by Gasteiger charge is -2.34. The molecule has 1 fully saturated rings. The predicted octanol–water partition coefficient (Wildman–Crippen LogP) is 4.40. The molecule has 0 spiro atoms. The summed E-state index contributed by atoms with van der Waals surface area (Å²) in [5.74, 6) is -0.367. The van der Waals surface area contributed by atoms with E-state index in [2.05, 4.69) is 5.32 Å². The first-order valence-corrected chi connectivity index (χ1v) is 12.0. The monoisotopic (exact) mass is 450 g/mol. The molecule has 7 heteroatoms. The molecule has 1 N–H and O–H groups in total. The number of sulfonamides is 1. The zero-order chi connectivity index (χ0) is 22.7. The summed E-state index contributed by atoms with van der Waals surface area (Å²) in [7, 11) is -3.73. The summed E-state index contributed by atoms with van der Waals surface area (Å²) < 4.78 is 33.5. The summed E-state index contributed by atoms with van der Waals surface area (Å²) in [4.78, 5) is 13.1. The van der Waals surface area contributed by atoms with Gasteiger partial charge >= 0.3 is 0 Å². The van der Waals surface area contributed by atoms with E-state index >= 15 is 0 Å². The normalized spacial score (nSPS) is 19.4. The number of morpholine rings is 1. The van der Waals surface area contributed by atoms with Crippen molar-refractivity contribution in [2.45, 2.75) is 31.0 Å². The van der Waals surface area contributed by atoms with Gasteiger partial charge < -0.3 is 10.1 Å². The highest BCUT2D eigenvalue weighted by atomic mass is 32.2. The molecule has 32 heavy (non-hydrogen) atoms. The summed E-state index contributed by atoms with van der Waals surface area (Å²) in [6, 6.07) is 23.5. The first-order chi connectivity index (χ1) is 15.3. The number of hydrogen-bond donors (Lipinski definition) is 1. The fraction of sp³-hybridized carbons (Fsp3) is 0.240. The van der Waals surface area contributed by atoms with E-state index in [9.17, 15) is 13.2 Å². The van der Waals surface area contributed by atoms with Gasteiger partial charge in [-0.1, -0.05) is 54.6 Å². The second-order valence-electron chi connectivity index (χ2n) is 7.97. The third-order valence-corrected chi connectivity index (χ3v) is 7.21. The van der Waals surface area contributed by atoms with Crippen LogP contribution in [0.1, 0.15) is 24.2 Å². The Bertz CT molecular complexity index is 1200. The van der Waals surface area contributed by atoms with Gasteiger partial charge in [-0.05, 0) is 43.7 Å². The number of carbonyl (C=O) groups is 1. The number of anilines is 1. The first-order valence-electron chi connectivity index (χ1n) is 10.6. The lowest BCUT2D eigenvalue weighted by Crippen LogP contribution is -2.48. The Kier molecular flexibility index (Phi) is 6.41. The third kappa shape index (κ3) is 4.75. The maximum absolute atomic E-state index is 13.2. The van der Waals surface area contributed by atoms with Crippen molar-refractivity contribution in [3.8, 4) is 11.1 Å². The molecule has 3 aromatic carbocycles. The predicted molar refractivity (Wildman–Crippen MR) is 125 cm³/mol. The zero-order valence-corrected chi connectivity index (χ0v) is 18.9. The smallest absolute Gasteiger partial charge is 0.255 e. The van der Waals surface area contributed by atoms with Crippen LogP contribution in [-0.2, 0) is 14.8 Å². The number of carbonyl (C=O) groups excluding carboxylic acids is 1. The average Bonchev–Trinajstić information content (AvgIpc) is 2.79. The van der Waals surface area contributed by atoms with Gasteiger partial charge in [0, 0.05) is 29.9 Å². The number of rotatable bonds is 5. The van der Waals surface area contributed by atoms with Crippen molar-refractivity contribution < 1.29 is 17.9 Å². The van der Waals surface area contributed by atoms with E-state index in [1.165, 1.54) is 16.4 Å². The Labute approximate surface area is 188 Å². The molecule has 4 rings (SSSR count). The Morgan fingerprint density at radius 2 is 1.56 bits per heavy atom. The number of hydrogen-bond acceptors (Lipinski definition) is 4. The fourth-order valence-corrected chi connectivity index (χ4v) is 5.57. The van der Waals surface area contributed by atoms with Crippen LogP contribution in [-0.4, -0.2) is 43.9 Å². The van der Waals surface area contributed by atoms with E-state index in [4.69, 9.17) is 4.74 Å². The minimum absolute atomic E-state index is 0.0998. The summed E-state index contributed by atoms with van der Waals surface area (Å²) >= 11 is 0. The molecule has 2 atom stereocenters. The SMILES string of the molecule is CC1CN(S(=O)(=O)c2cccc(C(=O)Nc3ccccc3-c3ccccc3)c2)CC(C)O1. The quantitative estimate of drug-likeness (QED) is 0.625. The molecule has 1 aliphatic heterocycles. The van der Waals surface area contributed by atoms with Crippen LogP contribution in [0.15, 0.2) is 83.8 Å². The summed E-state index contributed by atoms with van der Waals surface area (Å²) in [6.07, 6.45) is -0.371. The highest BCUT2D eigenvalue weighted by molar-refractivity contribution is 7.89. The summed E-state index contributed by atoms with van der Waals surface area (Å²) in [5, 5.41) is 2.93. The molecule has 0 radical (unpaired) electrons. The molecule has 2 unspecified atom stereocenters. The molecular weight excluding hydrogens is 424 g/mol. The highest BCUT2D eigenvalue weighted by Crippen LogP contribution is 2.28. The van der Waals surface area contributed by atoms with Crippen molar-refractivity contribution in [3.63, 3.8) is 0 Å². The van der Waals surface area contributed by atoms with Crippen LogP contribution >= 0.6 is 0 Å². The van der Waals surface area contributed by atoms with Crippen molar-refractivity contribution in [3.05, 3.63) is 84.4 Å². The molecular formula is C25H26N2O4S. The van der Waals surface area contributed by atoms with Gasteiger partial charge in [0.15, 0.2) is 0 Å². The number of benzene rings is 3. The molecule has 1 aliphatic rings. The van der Waals surface area contributed by atoms with Crippen molar-refractivity contribution in [1.82, 2.24) is 4.31 Å². The standard InChI is InChI=1S/C25H26N2O4S/c1-18-16-27(17-19(2)31-18)32(29,30)22-12-8-11-21(15-22)25(28)26-24-14-7-6-13-23(24)20-9-4-3-5-10-20/h3-15,18-19H,16-17H2,1-2H3,(H,26,28). The van der Waals surface area contributed by atoms with E-state index in [0.29, 0.717) is 5.69 Å². The Morgan fingerprint density at radius 1 is 0.906 bits per heavy atom. The molecule has 166 valence electrons. The Hall–Kier alpha value is -3.00. The van der Waals surface area contributed by atoms with Crippen LogP contribution < -0.4 is 5.32 Å². The number of amides is 1. The Balaban J connectivity index is 1.59. The third-order valence-electron chi connectivity index (χ3n) is 5.38. The van der Waals surface area contributed by atoms with Crippen molar-refractivity contribution in [1.29, 1.82) is 0 Å². The largest absolute Gasteiger partial charge is 0.373 e. The zero-order valence-electron chi connectivity index (χ0n) is 18.1. The van der Waals surface area contributed by atoms with E-state index in [1.807, 2.05) is 68.4 Å². The molecule has 6 nitrogen and oxygen atoms in total. The summed E-state index contributed by atoms with van der Waals surface area (Å²) in [6.45, 7) is 4.28. The van der Waals surface area contributed by atoms with Crippen molar-refractivity contribution in [2.75, 3.05) is 18.4 Å². The number of nitrogens with one attached hydrogen (secondary N) is 1. The van der Waals surface area contributed by atoms with Gasteiger partial charge in [-0.15, -0.1) is 0 Å². The van der Waals surface area contributed by atoms with Gasteiger partial charge in [-0.25, -0.2) is 8.42 Å². The molecule has 0 bridgehead atoms. The molecule has 0 aliphatic carbocycles. The van der Waals surface area contributed by atoms with Gasteiger partial charge in [0.05, 0.1) is 17.1 Å². The van der Waals surface area contributed by atoms with Crippen LogP contribution in [0.5, 0.6) is 0 Å². The first kappa shape index (κ1) is 22.2. The van der Waals surface area contributed by atoms with Gasteiger partial charge in [0.2, 0.25) is 10.0 Å². The van der Waals surface area contributed by atoms with Gasteiger partial charge in [-0.3, -0.25) is 4.79 Å². The maximum Gasteiger partial charge on any atom is 0.255 e. The fourth-order valence-electron chi connectivity index (χ4n) is 3.93. The van der Waals surface area contributed by atoms with Crippen LogP contribution in [0.3, 0.4) is 0 Å². The number of para-hydroxylation sites is 1. The molecule has 1 heterocycles. The topological polar surface area (TPSA) is 75.7 Å². The van der Waals surface area contributed by atoms with Crippen LogP contribution in [0.25, 0.3) is 11.1 Å². The lowest BCUT2D eigenvalue weighted by molar-refractivity contribution is -0.0440. The van der Waals surface area contributed by atoms with E-state index in [1.54, 1.807) is 12.1 Å². The van der Waals surface area contributed by atoms with Crippen LogP contribution in [0, 0.1) is 0 Å². The van der Waals surface area contributed by atoms with Gasteiger partial charge in [0.1, 0.15) is 0 Å². The van der Waals surface area contributed by atoms with E-state index in [-0.39, 0.29) is 41.7 Å².